The van der Waals surface area contributed by atoms with E-state index in [0.717, 1.165) is 4.32 Å². The average Bonchev–Trinajstić information content (AvgIpc) is 1.98. The van der Waals surface area contributed by atoms with Crippen LogP contribution in [0.15, 0.2) is 0 Å². The van der Waals surface area contributed by atoms with Gasteiger partial charge >= 0.3 is 73.5 Å². The molecule has 1 saturated heterocycles. The van der Waals surface area contributed by atoms with Gasteiger partial charge in [0.05, 0.1) is 0 Å². The van der Waals surface area contributed by atoms with Crippen molar-refractivity contribution in [3.8, 4) is 0 Å². The Morgan fingerprint density at radius 2 is 2.50 bits per heavy atom. The summed E-state index contributed by atoms with van der Waals surface area (Å²) in [5.41, 5.74) is 0. The van der Waals surface area contributed by atoms with Crippen molar-refractivity contribution in [1.82, 2.24) is 2.71 Å². The Bertz CT molecular complexity index is 132. The molecule has 0 atom stereocenters. The zero-order chi connectivity index (χ0) is 6.15. The summed E-state index contributed by atoms with van der Waals surface area (Å²) in [6.07, 6.45) is 0. The standard InChI is InChI=1S/C3H3NOS2.Pb.H/c5-2-1-7-3(6)4-2;;/h1H2,(H,4,5,6);;/q;+1;/p-1. The Morgan fingerprint density at radius 3 is 2.62 bits per heavy atom. The van der Waals surface area contributed by atoms with Gasteiger partial charge in [0.1, 0.15) is 0 Å². The van der Waals surface area contributed by atoms with Gasteiger partial charge < -0.3 is 0 Å². The van der Waals surface area contributed by atoms with Crippen molar-refractivity contribution >= 4 is 60.3 Å². The number of thiocarbonyl (C=S) groups is 1. The minimum atomic E-state index is 0.185. The number of thioether (sulfide) groups is 1. The van der Waals surface area contributed by atoms with Crippen LogP contribution in [0.3, 0.4) is 0 Å². The summed E-state index contributed by atoms with van der Waals surface area (Å²) < 4.78 is 2.43. The predicted octanol–water partition coefficient (Wildman–Crippen LogP) is -0.337. The summed E-state index contributed by atoms with van der Waals surface area (Å²) in [5.74, 6) is 0.750. The fourth-order valence-corrected chi connectivity index (χ4v) is 3.01. The number of hydrogen-bond donors (Lipinski definition) is 0. The van der Waals surface area contributed by atoms with E-state index in [2.05, 4.69) is 0 Å². The van der Waals surface area contributed by atoms with Crippen molar-refractivity contribution in [3.05, 3.63) is 0 Å². The Morgan fingerprint density at radius 1 is 1.88 bits per heavy atom. The number of carbonyl (C=O) groups is 1. The second-order valence-electron chi connectivity index (χ2n) is 1.32. The van der Waals surface area contributed by atoms with Gasteiger partial charge in [0.2, 0.25) is 0 Å². The zero-order valence-corrected chi connectivity index (χ0v) is 10.1. The molecule has 0 N–H and O–H groups in total. The fraction of sp³-hybridized carbons (Fsp3) is 0.333. The van der Waals surface area contributed by atoms with Gasteiger partial charge in [-0.25, -0.2) is 0 Å². The molecular formula is C3H3NOPbS2. The van der Waals surface area contributed by atoms with Crippen LogP contribution in [0.25, 0.3) is 0 Å². The van der Waals surface area contributed by atoms with E-state index in [-0.39, 0.29) is 5.91 Å². The third-order valence-corrected chi connectivity index (χ3v) is 5.75. The molecular weight excluding hydrogens is 337 g/mol. The van der Waals surface area contributed by atoms with Gasteiger partial charge in [0.15, 0.2) is 0 Å². The topological polar surface area (TPSA) is 20.3 Å². The first-order valence-electron chi connectivity index (χ1n) is 1.96. The van der Waals surface area contributed by atoms with Crippen LogP contribution in [0.1, 0.15) is 0 Å². The second kappa shape index (κ2) is 2.61. The summed E-state index contributed by atoms with van der Waals surface area (Å²) in [7, 11) is 0. The predicted molar refractivity (Wildman–Crippen MR) is 39.1 cm³/mol. The molecule has 1 heterocycles. The number of amides is 1. The first-order valence-corrected chi connectivity index (χ1v) is 5.36. The molecule has 1 rings (SSSR count). The SMILES string of the molecule is O=C1CSC(=S)[N]1[PbH]. The van der Waals surface area contributed by atoms with Crippen LogP contribution < -0.4 is 0 Å². The van der Waals surface area contributed by atoms with Gasteiger partial charge in [-0.15, -0.1) is 0 Å². The van der Waals surface area contributed by atoms with Crippen molar-refractivity contribution in [3.63, 3.8) is 0 Å². The van der Waals surface area contributed by atoms with Crippen LogP contribution in [-0.4, -0.2) is 44.8 Å². The van der Waals surface area contributed by atoms with E-state index < -0.39 is 0 Å². The van der Waals surface area contributed by atoms with Gasteiger partial charge in [0.25, 0.3) is 0 Å². The molecule has 2 radical (unpaired) electrons. The first kappa shape index (κ1) is 6.95. The third kappa shape index (κ3) is 1.21. The van der Waals surface area contributed by atoms with Gasteiger partial charge in [-0.3, -0.25) is 0 Å². The molecule has 0 bridgehead atoms. The van der Waals surface area contributed by atoms with Crippen molar-refractivity contribution in [2.75, 3.05) is 5.75 Å². The van der Waals surface area contributed by atoms with E-state index in [9.17, 15) is 4.79 Å². The number of rotatable bonds is 0. The second-order valence-corrected chi connectivity index (χ2v) is 4.93. The molecule has 0 aromatic heterocycles. The summed E-state index contributed by atoms with van der Waals surface area (Å²) in [4.78, 5) is 10.6. The summed E-state index contributed by atoms with van der Waals surface area (Å²) >= 11 is 6.84. The maximum atomic E-state index is 10.6. The number of hydrogen-bond acceptors (Lipinski definition) is 3. The molecule has 42 valence electrons. The van der Waals surface area contributed by atoms with Crippen molar-refractivity contribution < 1.29 is 4.79 Å². The molecule has 1 aliphatic rings. The fourth-order valence-electron chi connectivity index (χ4n) is 0.364. The minimum absolute atomic E-state index is 0.185. The summed E-state index contributed by atoms with van der Waals surface area (Å²) in [6.45, 7) is 0. The van der Waals surface area contributed by atoms with Crippen LogP contribution >= 0.6 is 24.0 Å². The Kier molecular flexibility index (Phi) is 2.27. The Balaban J connectivity index is 2.70. The van der Waals surface area contributed by atoms with E-state index in [4.69, 9.17) is 12.2 Å². The van der Waals surface area contributed by atoms with Gasteiger partial charge in [-0.1, -0.05) is 0 Å². The molecule has 1 fully saturated rings. The molecule has 0 saturated carbocycles. The van der Waals surface area contributed by atoms with E-state index >= 15 is 0 Å². The van der Waals surface area contributed by atoms with Crippen LogP contribution in [0.4, 0.5) is 0 Å². The molecule has 1 aliphatic heterocycles. The molecule has 5 heteroatoms. The summed E-state index contributed by atoms with van der Waals surface area (Å²) in [5, 5.41) is 0. The van der Waals surface area contributed by atoms with Gasteiger partial charge in [0, 0.05) is 0 Å². The molecule has 8 heavy (non-hydrogen) atoms. The summed E-state index contributed by atoms with van der Waals surface area (Å²) in [6, 6.07) is 0. The molecule has 2 nitrogen and oxygen atoms in total. The van der Waals surface area contributed by atoms with Gasteiger partial charge in [-0.05, 0) is 0 Å². The first-order chi connectivity index (χ1) is 3.72. The molecule has 1 amide bonds. The van der Waals surface area contributed by atoms with Crippen LogP contribution in [0.5, 0.6) is 0 Å². The van der Waals surface area contributed by atoms with Crippen molar-refractivity contribution in [1.29, 1.82) is 0 Å². The number of carbonyl (C=O) groups excluding carboxylic acids is 1. The Labute approximate surface area is 73.1 Å². The number of nitrogens with zero attached hydrogens (tertiary/aromatic N) is 1. The molecule has 0 aromatic carbocycles. The van der Waals surface area contributed by atoms with Crippen molar-refractivity contribution in [2.45, 2.75) is 0 Å². The van der Waals surface area contributed by atoms with E-state index in [1.54, 1.807) is 2.71 Å². The van der Waals surface area contributed by atoms with E-state index in [1.807, 2.05) is 0 Å². The van der Waals surface area contributed by atoms with Crippen LogP contribution in [0, 0.1) is 0 Å². The van der Waals surface area contributed by atoms with Crippen molar-refractivity contribution in [2.24, 2.45) is 0 Å². The van der Waals surface area contributed by atoms with Crippen LogP contribution in [-0.2, 0) is 4.79 Å². The van der Waals surface area contributed by atoms with Crippen LogP contribution in [0.2, 0.25) is 0 Å². The Hall–Kier alpha value is 0.832. The zero-order valence-electron chi connectivity index (χ0n) is 3.96. The third-order valence-electron chi connectivity index (χ3n) is 0.785. The normalized spacial score (nSPS) is 20.4. The molecule has 0 unspecified atom stereocenters. The van der Waals surface area contributed by atoms with Gasteiger partial charge in [-0.2, -0.15) is 0 Å². The van der Waals surface area contributed by atoms with E-state index in [1.165, 1.54) is 11.8 Å². The van der Waals surface area contributed by atoms with E-state index in [0.29, 0.717) is 31.8 Å². The molecule has 0 aromatic rings. The quantitative estimate of drug-likeness (QED) is 0.445. The molecule has 0 aliphatic carbocycles. The molecule has 0 spiro atoms. The maximum absolute atomic E-state index is 10.6. The monoisotopic (exact) mass is 341 g/mol. The average molecular weight is 340 g/mol.